The lowest BCUT2D eigenvalue weighted by atomic mass is 10.0. The third kappa shape index (κ3) is 4.05. The van der Waals surface area contributed by atoms with E-state index >= 15 is 0 Å². The van der Waals surface area contributed by atoms with Crippen molar-refractivity contribution in [1.29, 1.82) is 0 Å². The minimum Gasteiger partial charge on any atom is -0.320 e. The van der Waals surface area contributed by atoms with Gasteiger partial charge in [-0.25, -0.2) is 9.59 Å². The highest BCUT2D eigenvalue weighted by Gasteiger charge is 2.48. The van der Waals surface area contributed by atoms with Crippen LogP contribution in [0.15, 0.2) is 84.9 Å². The molecule has 0 spiro atoms. The van der Waals surface area contributed by atoms with Gasteiger partial charge in [0.1, 0.15) is 6.04 Å². The first-order valence-corrected chi connectivity index (χ1v) is 11.0. The van der Waals surface area contributed by atoms with Gasteiger partial charge in [-0.05, 0) is 17.2 Å². The molecule has 2 saturated heterocycles. The molecule has 0 aliphatic carbocycles. The van der Waals surface area contributed by atoms with Crippen molar-refractivity contribution in [3.63, 3.8) is 0 Å². The molecule has 1 atom stereocenters. The lowest BCUT2D eigenvalue weighted by Gasteiger charge is -2.35. The zero-order valence-corrected chi connectivity index (χ0v) is 18.1. The average molecular weight is 441 g/mol. The van der Waals surface area contributed by atoms with Crippen LogP contribution in [0.25, 0.3) is 11.1 Å². The summed E-state index contributed by atoms with van der Waals surface area (Å²) in [6.07, 6.45) is 0. The van der Waals surface area contributed by atoms with Crippen molar-refractivity contribution >= 4 is 23.7 Å². The Labute approximate surface area is 192 Å². The van der Waals surface area contributed by atoms with Gasteiger partial charge in [-0.3, -0.25) is 9.69 Å². The Hall–Kier alpha value is -4.13. The Kier molecular flexibility index (Phi) is 5.52. The molecular weight excluding hydrogens is 416 g/mol. The molecular formula is C26H24N4O3. The fraction of sp³-hybridized carbons (Fsp3) is 0.192. The van der Waals surface area contributed by atoms with Crippen LogP contribution < -0.4 is 5.32 Å². The van der Waals surface area contributed by atoms with Gasteiger partial charge in [0.2, 0.25) is 0 Å². The summed E-state index contributed by atoms with van der Waals surface area (Å²) in [6, 6.07) is 25.7. The van der Waals surface area contributed by atoms with Crippen LogP contribution in [0.4, 0.5) is 15.3 Å². The number of amides is 5. The number of hydrogen-bond donors (Lipinski definition) is 1. The molecule has 33 heavy (non-hydrogen) atoms. The number of benzene rings is 3. The highest BCUT2D eigenvalue weighted by Crippen LogP contribution is 2.29. The average Bonchev–Trinajstić information content (AvgIpc) is 3.10. The summed E-state index contributed by atoms with van der Waals surface area (Å²) in [5, 5.41) is 2.99. The summed E-state index contributed by atoms with van der Waals surface area (Å²) < 4.78 is 0. The second kappa shape index (κ2) is 8.78. The maximum absolute atomic E-state index is 13.1. The van der Waals surface area contributed by atoms with E-state index in [-0.39, 0.29) is 31.1 Å². The standard InChI is InChI=1S/C26H24N4O3/c31-24-23-18-28(15-16-29(23)26(33)30(24)17-19-9-3-1-4-10-19)25(32)27-22-14-8-7-13-21(22)20-11-5-2-6-12-20/h1-14,23H,15-18H2,(H,27,32). The van der Waals surface area contributed by atoms with Gasteiger partial charge in [-0.2, -0.15) is 0 Å². The number of nitrogens with zero attached hydrogens (tertiary/aromatic N) is 3. The molecule has 3 aromatic rings. The van der Waals surface area contributed by atoms with Crippen molar-refractivity contribution < 1.29 is 14.4 Å². The van der Waals surface area contributed by atoms with Crippen molar-refractivity contribution in [2.24, 2.45) is 0 Å². The lowest BCUT2D eigenvalue weighted by molar-refractivity contribution is -0.129. The van der Waals surface area contributed by atoms with E-state index < -0.39 is 6.04 Å². The highest BCUT2D eigenvalue weighted by molar-refractivity contribution is 6.05. The fourth-order valence-corrected chi connectivity index (χ4v) is 4.40. The van der Waals surface area contributed by atoms with Crippen LogP contribution in [0.3, 0.4) is 0 Å². The predicted molar refractivity (Wildman–Crippen MR) is 125 cm³/mol. The molecule has 166 valence electrons. The van der Waals surface area contributed by atoms with E-state index in [1.807, 2.05) is 84.9 Å². The third-order valence-corrected chi connectivity index (χ3v) is 6.13. The molecule has 7 heteroatoms. The van der Waals surface area contributed by atoms with Crippen LogP contribution >= 0.6 is 0 Å². The normalized spacial score (nSPS) is 17.8. The monoisotopic (exact) mass is 440 g/mol. The molecule has 3 aromatic carbocycles. The number of rotatable bonds is 4. The Morgan fingerprint density at radius 3 is 2.27 bits per heavy atom. The zero-order chi connectivity index (χ0) is 22.8. The summed E-state index contributed by atoms with van der Waals surface area (Å²) in [4.78, 5) is 43.4. The predicted octanol–water partition coefficient (Wildman–Crippen LogP) is 4.03. The Morgan fingerprint density at radius 1 is 0.848 bits per heavy atom. The molecule has 0 radical (unpaired) electrons. The quantitative estimate of drug-likeness (QED) is 0.623. The minimum atomic E-state index is -0.648. The van der Waals surface area contributed by atoms with Gasteiger partial charge >= 0.3 is 12.1 Å². The first kappa shape index (κ1) is 20.8. The fourth-order valence-electron chi connectivity index (χ4n) is 4.40. The Morgan fingerprint density at radius 2 is 1.52 bits per heavy atom. The van der Waals surface area contributed by atoms with Crippen LogP contribution in [-0.2, 0) is 11.3 Å². The summed E-state index contributed by atoms with van der Waals surface area (Å²) in [5.41, 5.74) is 3.53. The van der Waals surface area contributed by atoms with Gasteiger partial charge in [-0.1, -0.05) is 78.9 Å². The van der Waals surface area contributed by atoms with Crippen LogP contribution in [-0.4, -0.2) is 58.3 Å². The SMILES string of the molecule is O=C(Nc1ccccc1-c1ccccc1)N1CCN2C(=O)N(Cc3ccccc3)C(=O)C2C1. The van der Waals surface area contributed by atoms with Gasteiger partial charge in [0.15, 0.2) is 0 Å². The zero-order valence-electron chi connectivity index (χ0n) is 18.1. The van der Waals surface area contributed by atoms with E-state index in [9.17, 15) is 14.4 Å². The van der Waals surface area contributed by atoms with Gasteiger partial charge < -0.3 is 15.1 Å². The summed E-state index contributed by atoms with van der Waals surface area (Å²) in [6.45, 7) is 1.11. The maximum atomic E-state index is 13.1. The minimum absolute atomic E-state index is 0.176. The number of fused-ring (bicyclic) bond motifs is 1. The lowest BCUT2D eigenvalue weighted by Crippen LogP contribution is -2.55. The molecule has 0 saturated carbocycles. The topological polar surface area (TPSA) is 73.0 Å². The maximum Gasteiger partial charge on any atom is 0.327 e. The molecule has 0 aromatic heterocycles. The van der Waals surface area contributed by atoms with E-state index in [1.54, 1.807) is 9.80 Å². The molecule has 0 bridgehead atoms. The molecule has 1 unspecified atom stereocenters. The molecule has 5 amide bonds. The molecule has 1 N–H and O–H groups in total. The van der Waals surface area contributed by atoms with Gasteiger partial charge in [-0.15, -0.1) is 0 Å². The number of para-hydroxylation sites is 1. The van der Waals surface area contributed by atoms with Crippen molar-refractivity contribution in [3.8, 4) is 11.1 Å². The number of nitrogens with one attached hydrogen (secondary N) is 1. The van der Waals surface area contributed by atoms with E-state index in [0.717, 1.165) is 16.7 Å². The third-order valence-electron chi connectivity index (χ3n) is 6.13. The number of urea groups is 2. The molecule has 2 aliphatic rings. The number of imide groups is 1. The summed E-state index contributed by atoms with van der Waals surface area (Å²) >= 11 is 0. The number of anilines is 1. The van der Waals surface area contributed by atoms with Gasteiger partial charge in [0.05, 0.1) is 18.8 Å². The van der Waals surface area contributed by atoms with Crippen LogP contribution in [0, 0.1) is 0 Å². The van der Waals surface area contributed by atoms with E-state index in [0.29, 0.717) is 18.8 Å². The first-order valence-electron chi connectivity index (χ1n) is 11.0. The Bertz CT molecular complexity index is 1180. The Balaban J connectivity index is 1.29. The van der Waals surface area contributed by atoms with Crippen molar-refractivity contribution in [3.05, 3.63) is 90.5 Å². The van der Waals surface area contributed by atoms with Crippen molar-refractivity contribution in [1.82, 2.24) is 14.7 Å². The van der Waals surface area contributed by atoms with Gasteiger partial charge in [0, 0.05) is 18.7 Å². The highest BCUT2D eigenvalue weighted by atomic mass is 16.2. The van der Waals surface area contributed by atoms with E-state index in [1.165, 1.54) is 4.90 Å². The van der Waals surface area contributed by atoms with Crippen molar-refractivity contribution in [2.45, 2.75) is 12.6 Å². The summed E-state index contributed by atoms with van der Waals surface area (Å²) in [5.74, 6) is -0.258. The number of hydrogen-bond acceptors (Lipinski definition) is 3. The number of carbonyl (C=O) groups is 3. The van der Waals surface area contributed by atoms with Crippen LogP contribution in [0.2, 0.25) is 0 Å². The number of carbonyl (C=O) groups excluding carboxylic acids is 3. The summed E-state index contributed by atoms with van der Waals surface area (Å²) in [7, 11) is 0. The molecule has 2 aliphatic heterocycles. The van der Waals surface area contributed by atoms with Crippen LogP contribution in [0.1, 0.15) is 5.56 Å². The number of piperazine rings is 1. The molecule has 5 rings (SSSR count). The van der Waals surface area contributed by atoms with Crippen LogP contribution in [0.5, 0.6) is 0 Å². The smallest absolute Gasteiger partial charge is 0.320 e. The van der Waals surface area contributed by atoms with E-state index in [2.05, 4.69) is 5.32 Å². The molecule has 7 nitrogen and oxygen atoms in total. The first-order chi connectivity index (χ1) is 16.1. The second-order valence-corrected chi connectivity index (χ2v) is 8.19. The van der Waals surface area contributed by atoms with Gasteiger partial charge in [0.25, 0.3) is 5.91 Å². The largest absolute Gasteiger partial charge is 0.327 e. The van der Waals surface area contributed by atoms with Crippen molar-refractivity contribution in [2.75, 3.05) is 25.0 Å². The van der Waals surface area contributed by atoms with E-state index in [4.69, 9.17) is 0 Å². The molecule has 2 fully saturated rings. The molecule has 2 heterocycles. The second-order valence-electron chi connectivity index (χ2n) is 8.19.